The second-order valence-electron chi connectivity index (χ2n) is 5.63. The van der Waals surface area contributed by atoms with E-state index in [4.69, 9.17) is 4.74 Å². The van der Waals surface area contributed by atoms with E-state index in [-0.39, 0.29) is 23.5 Å². The fourth-order valence-electron chi connectivity index (χ4n) is 2.83. The average Bonchev–Trinajstić information content (AvgIpc) is 2.99. The molecule has 3 rings (SSSR count). The van der Waals surface area contributed by atoms with E-state index < -0.39 is 9.84 Å². The van der Waals surface area contributed by atoms with E-state index in [1.165, 1.54) is 0 Å². The van der Waals surface area contributed by atoms with Crippen LogP contribution in [0.1, 0.15) is 12.0 Å². The maximum atomic E-state index is 12.1. The van der Waals surface area contributed by atoms with Gasteiger partial charge in [0.1, 0.15) is 5.75 Å². The predicted octanol–water partition coefficient (Wildman–Crippen LogP) is 1.11. The first-order valence-corrected chi connectivity index (χ1v) is 8.86. The van der Waals surface area contributed by atoms with Gasteiger partial charge in [-0.2, -0.15) is 0 Å². The summed E-state index contributed by atoms with van der Waals surface area (Å²) >= 11 is 0. The van der Waals surface area contributed by atoms with Crippen molar-refractivity contribution in [2.24, 2.45) is 0 Å². The number of fused-ring (bicyclic) bond motifs is 1. The van der Waals surface area contributed by atoms with Crippen molar-refractivity contribution in [2.45, 2.75) is 12.5 Å². The number of sulfone groups is 1. The zero-order valence-electron chi connectivity index (χ0n) is 12.5. The Morgan fingerprint density at radius 3 is 2.82 bits per heavy atom. The van der Waals surface area contributed by atoms with Gasteiger partial charge in [-0.15, -0.1) is 0 Å². The number of anilines is 1. The van der Waals surface area contributed by atoms with Gasteiger partial charge in [0.05, 0.1) is 24.2 Å². The number of carbonyl (C=O) groups excluding carboxylic acids is 1. The molecule has 22 heavy (non-hydrogen) atoms. The molecule has 1 aromatic carbocycles. The molecule has 1 N–H and O–H groups in total. The van der Waals surface area contributed by atoms with Gasteiger partial charge in [0.2, 0.25) is 0 Å². The summed E-state index contributed by atoms with van der Waals surface area (Å²) in [4.78, 5) is 14.0. The molecule has 0 aromatic heterocycles. The molecular weight excluding hydrogens is 304 g/mol. The topological polar surface area (TPSA) is 75.7 Å². The SMILES string of the molecule is COc1ccc2c(c1)/C(=C\N(C)C1CCS(=O)(=O)C1)C(=O)N2. The third kappa shape index (κ3) is 2.68. The number of carbonyl (C=O) groups is 1. The summed E-state index contributed by atoms with van der Waals surface area (Å²) in [5, 5.41) is 2.80. The van der Waals surface area contributed by atoms with Gasteiger partial charge < -0.3 is 15.0 Å². The predicted molar refractivity (Wildman–Crippen MR) is 84.4 cm³/mol. The molecule has 6 nitrogen and oxygen atoms in total. The van der Waals surface area contributed by atoms with Gasteiger partial charge in [0.25, 0.3) is 5.91 Å². The minimum Gasteiger partial charge on any atom is -0.497 e. The molecule has 1 unspecified atom stereocenters. The van der Waals surface area contributed by atoms with Crippen LogP contribution in [0.15, 0.2) is 24.4 Å². The van der Waals surface area contributed by atoms with Gasteiger partial charge in [-0.3, -0.25) is 4.79 Å². The third-order valence-electron chi connectivity index (χ3n) is 4.13. The number of nitrogens with zero attached hydrogens (tertiary/aromatic N) is 1. The molecule has 118 valence electrons. The van der Waals surface area contributed by atoms with Crippen LogP contribution in [-0.2, 0) is 14.6 Å². The minimum atomic E-state index is -2.95. The highest BCUT2D eigenvalue weighted by Gasteiger charge is 2.31. The smallest absolute Gasteiger partial charge is 0.257 e. The van der Waals surface area contributed by atoms with E-state index >= 15 is 0 Å². The van der Waals surface area contributed by atoms with Crippen molar-refractivity contribution in [1.82, 2.24) is 4.90 Å². The Bertz CT molecular complexity index is 755. The molecule has 0 spiro atoms. The molecule has 7 heteroatoms. The number of methoxy groups -OCH3 is 1. The molecule has 1 fully saturated rings. The van der Waals surface area contributed by atoms with Gasteiger partial charge in [-0.25, -0.2) is 8.42 Å². The molecule has 2 heterocycles. The molecule has 0 radical (unpaired) electrons. The summed E-state index contributed by atoms with van der Waals surface area (Å²) in [6.07, 6.45) is 2.32. The number of ether oxygens (including phenoxy) is 1. The van der Waals surface area contributed by atoms with Gasteiger partial charge >= 0.3 is 0 Å². The highest BCUT2D eigenvalue weighted by Crippen LogP contribution is 2.35. The molecule has 0 bridgehead atoms. The van der Waals surface area contributed by atoms with Gasteiger partial charge in [0, 0.05) is 30.5 Å². The molecule has 2 aliphatic rings. The zero-order chi connectivity index (χ0) is 15.9. The Kier molecular flexibility index (Phi) is 3.60. The van der Waals surface area contributed by atoms with Crippen LogP contribution in [0.4, 0.5) is 5.69 Å². The van der Waals surface area contributed by atoms with Gasteiger partial charge in [0.15, 0.2) is 9.84 Å². The second kappa shape index (κ2) is 5.31. The summed E-state index contributed by atoms with van der Waals surface area (Å²) < 4.78 is 28.4. The van der Waals surface area contributed by atoms with E-state index in [1.54, 1.807) is 31.5 Å². The van der Waals surface area contributed by atoms with E-state index in [2.05, 4.69) is 5.32 Å². The van der Waals surface area contributed by atoms with Crippen molar-refractivity contribution >= 4 is 27.0 Å². The molecular formula is C15H18N2O4S. The zero-order valence-corrected chi connectivity index (χ0v) is 13.3. The third-order valence-corrected chi connectivity index (χ3v) is 5.88. The monoisotopic (exact) mass is 322 g/mol. The van der Waals surface area contributed by atoms with E-state index in [1.807, 2.05) is 11.9 Å². The van der Waals surface area contributed by atoms with Crippen molar-refractivity contribution in [3.05, 3.63) is 30.0 Å². The standard InChI is InChI=1S/C15H18N2O4S/c1-17(10-5-6-22(19,20)9-10)8-13-12-7-11(21-2)3-4-14(12)16-15(13)18/h3-4,7-8,10H,5-6,9H2,1-2H3,(H,16,18)/b13-8+. The van der Waals surface area contributed by atoms with Crippen LogP contribution >= 0.6 is 0 Å². The molecule has 1 aromatic rings. The summed E-state index contributed by atoms with van der Waals surface area (Å²) in [6, 6.07) is 5.31. The molecule has 0 aliphatic carbocycles. The quantitative estimate of drug-likeness (QED) is 0.844. The molecule has 1 amide bonds. The van der Waals surface area contributed by atoms with Crippen LogP contribution in [0.25, 0.3) is 5.57 Å². The first-order valence-electron chi connectivity index (χ1n) is 7.03. The lowest BCUT2D eigenvalue weighted by Gasteiger charge is -2.21. The summed E-state index contributed by atoms with van der Waals surface area (Å²) in [7, 11) is 0.433. The second-order valence-corrected chi connectivity index (χ2v) is 7.86. The average molecular weight is 322 g/mol. The van der Waals surface area contributed by atoms with E-state index in [0.29, 0.717) is 17.7 Å². The first kappa shape index (κ1) is 14.9. The molecule has 1 saturated heterocycles. The Morgan fingerprint density at radius 2 is 2.18 bits per heavy atom. The lowest BCUT2D eigenvalue weighted by atomic mass is 10.1. The van der Waals surface area contributed by atoms with Gasteiger partial charge in [-0.05, 0) is 24.6 Å². The maximum absolute atomic E-state index is 12.1. The highest BCUT2D eigenvalue weighted by molar-refractivity contribution is 7.91. The summed E-state index contributed by atoms with van der Waals surface area (Å²) in [5.41, 5.74) is 2.04. The van der Waals surface area contributed by atoms with Crippen LogP contribution < -0.4 is 10.1 Å². The number of amides is 1. The van der Waals surface area contributed by atoms with Crippen LogP contribution in [0.5, 0.6) is 5.75 Å². The Labute approximate surface area is 129 Å². The Balaban J connectivity index is 1.90. The molecule has 1 atom stereocenters. The van der Waals surface area contributed by atoms with Crippen molar-refractivity contribution < 1.29 is 17.9 Å². The number of benzene rings is 1. The van der Waals surface area contributed by atoms with Crippen molar-refractivity contribution in [1.29, 1.82) is 0 Å². The maximum Gasteiger partial charge on any atom is 0.257 e. The van der Waals surface area contributed by atoms with E-state index in [9.17, 15) is 13.2 Å². The lowest BCUT2D eigenvalue weighted by Crippen LogP contribution is -2.28. The number of hydrogen-bond acceptors (Lipinski definition) is 5. The number of hydrogen-bond donors (Lipinski definition) is 1. The largest absolute Gasteiger partial charge is 0.497 e. The van der Waals surface area contributed by atoms with Crippen LogP contribution in [0.2, 0.25) is 0 Å². The van der Waals surface area contributed by atoms with Gasteiger partial charge in [-0.1, -0.05) is 0 Å². The van der Waals surface area contributed by atoms with E-state index in [0.717, 1.165) is 11.3 Å². The highest BCUT2D eigenvalue weighted by atomic mass is 32.2. The van der Waals surface area contributed by atoms with Crippen molar-refractivity contribution in [2.75, 3.05) is 31.0 Å². The normalized spacial score (nSPS) is 24.2. The van der Waals surface area contributed by atoms with Crippen LogP contribution in [0, 0.1) is 0 Å². The Hall–Kier alpha value is -2.02. The fraction of sp³-hybridized carbons (Fsp3) is 0.400. The van der Waals surface area contributed by atoms with Crippen molar-refractivity contribution in [3.63, 3.8) is 0 Å². The first-order chi connectivity index (χ1) is 10.4. The number of rotatable bonds is 3. The summed E-state index contributed by atoms with van der Waals surface area (Å²) in [6.45, 7) is 0. The fourth-order valence-corrected chi connectivity index (χ4v) is 4.61. The van der Waals surface area contributed by atoms with Crippen LogP contribution in [-0.4, -0.2) is 50.9 Å². The molecule has 2 aliphatic heterocycles. The van der Waals surface area contributed by atoms with Crippen molar-refractivity contribution in [3.8, 4) is 5.75 Å². The minimum absolute atomic E-state index is 0.0834. The lowest BCUT2D eigenvalue weighted by molar-refractivity contribution is -0.110. The van der Waals surface area contributed by atoms with Crippen LogP contribution in [0.3, 0.4) is 0 Å². The number of nitrogens with one attached hydrogen (secondary N) is 1. The summed E-state index contributed by atoms with van der Waals surface area (Å²) in [5.74, 6) is 0.838. The molecule has 0 saturated carbocycles. The Morgan fingerprint density at radius 1 is 1.41 bits per heavy atom.